The van der Waals surface area contributed by atoms with E-state index in [0.29, 0.717) is 27.4 Å². The molecule has 2 aromatic heterocycles. The van der Waals surface area contributed by atoms with Gasteiger partial charge in [-0.3, -0.25) is 0 Å². The lowest BCUT2D eigenvalue weighted by molar-refractivity contribution is 0.563. The molecule has 0 radical (unpaired) electrons. The first-order chi connectivity index (χ1) is 13.6. The molecule has 7 heteroatoms. The van der Waals surface area contributed by atoms with E-state index in [2.05, 4.69) is 32.3 Å². The Morgan fingerprint density at radius 3 is 2.82 bits per heavy atom. The highest BCUT2D eigenvalue weighted by Gasteiger charge is 2.14. The van der Waals surface area contributed by atoms with Crippen LogP contribution in [0.4, 0.5) is 5.69 Å². The molecule has 136 valence electrons. The summed E-state index contributed by atoms with van der Waals surface area (Å²) in [6, 6.07) is 18.9. The van der Waals surface area contributed by atoms with Crippen LogP contribution in [0.1, 0.15) is 5.01 Å². The zero-order valence-electron chi connectivity index (χ0n) is 14.3. The lowest BCUT2D eigenvalue weighted by Crippen LogP contribution is -2.03. The van der Waals surface area contributed by atoms with Crippen LogP contribution in [-0.4, -0.2) is 4.98 Å². The quantitative estimate of drug-likeness (QED) is 0.321. The van der Waals surface area contributed by atoms with Gasteiger partial charge in [-0.15, -0.1) is 11.3 Å². The second-order valence-electron chi connectivity index (χ2n) is 5.85. The van der Waals surface area contributed by atoms with Gasteiger partial charge >= 0.3 is 5.63 Å². The Balaban J connectivity index is 1.69. The van der Waals surface area contributed by atoms with E-state index in [9.17, 15) is 10.1 Å². The molecule has 0 atom stereocenters. The molecule has 0 unspecified atom stereocenters. The SMILES string of the molecule is N#C/C(=C/Nc1ccccc1)c1nc(-c2cc3cc(Br)ccc3oc2=O)cs1. The van der Waals surface area contributed by atoms with Gasteiger partial charge in [0.05, 0.1) is 11.3 Å². The van der Waals surface area contributed by atoms with E-state index in [1.54, 1.807) is 23.7 Å². The number of hydrogen-bond donors (Lipinski definition) is 1. The molecule has 0 amide bonds. The second-order valence-corrected chi connectivity index (χ2v) is 7.62. The number of allylic oxidation sites excluding steroid dienone is 1. The van der Waals surface area contributed by atoms with Crippen molar-refractivity contribution in [1.29, 1.82) is 5.26 Å². The van der Waals surface area contributed by atoms with Crippen LogP contribution in [0, 0.1) is 11.3 Å². The fourth-order valence-electron chi connectivity index (χ4n) is 2.63. The van der Waals surface area contributed by atoms with Crippen LogP contribution in [0.5, 0.6) is 0 Å². The summed E-state index contributed by atoms with van der Waals surface area (Å²) in [5, 5.41) is 15.6. The highest BCUT2D eigenvalue weighted by Crippen LogP contribution is 2.27. The zero-order chi connectivity index (χ0) is 19.5. The number of thiazole rings is 1. The highest BCUT2D eigenvalue weighted by molar-refractivity contribution is 9.10. The van der Waals surface area contributed by atoms with Gasteiger partial charge in [0.1, 0.15) is 22.2 Å². The van der Waals surface area contributed by atoms with Gasteiger partial charge in [-0.1, -0.05) is 34.1 Å². The minimum Gasteiger partial charge on any atom is -0.422 e. The van der Waals surface area contributed by atoms with E-state index in [4.69, 9.17) is 4.42 Å². The van der Waals surface area contributed by atoms with Crippen molar-refractivity contribution >= 4 is 49.5 Å². The Labute approximate surface area is 172 Å². The third kappa shape index (κ3) is 3.74. The van der Waals surface area contributed by atoms with E-state index in [1.165, 1.54) is 11.3 Å². The van der Waals surface area contributed by atoms with Gasteiger partial charge in [-0.05, 0) is 36.4 Å². The van der Waals surface area contributed by atoms with Crippen LogP contribution in [0.15, 0.2) is 79.9 Å². The van der Waals surface area contributed by atoms with Crippen molar-refractivity contribution in [2.45, 2.75) is 0 Å². The lowest BCUT2D eigenvalue weighted by Gasteiger charge is -2.01. The maximum atomic E-state index is 12.4. The molecule has 28 heavy (non-hydrogen) atoms. The number of anilines is 1. The monoisotopic (exact) mass is 449 g/mol. The summed E-state index contributed by atoms with van der Waals surface area (Å²) in [4.78, 5) is 16.8. The number of nitrogens with one attached hydrogen (secondary N) is 1. The Morgan fingerprint density at radius 1 is 1.21 bits per heavy atom. The number of para-hydroxylation sites is 1. The molecule has 2 heterocycles. The van der Waals surface area contributed by atoms with Gasteiger partial charge in [-0.25, -0.2) is 9.78 Å². The molecular weight excluding hydrogens is 438 g/mol. The Hall–Kier alpha value is -3.21. The van der Waals surface area contributed by atoms with Crippen LogP contribution in [0.3, 0.4) is 0 Å². The number of benzene rings is 2. The average molecular weight is 450 g/mol. The van der Waals surface area contributed by atoms with Crippen LogP contribution in [0.2, 0.25) is 0 Å². The first kappa shape index (κ1) is 18.2. The number of nitrogens with zero attached hydrogens (tertiary/aromatic N) is 2. The topological polar surface area (TPSA) is 78.9 Å². The fourth-order valence-corrected chi connectivity index (χ4v) is 3.79. The van der Waals surface area contributed by atoms with E-state index in [-0.39, 0.29) is 0 Å². The summed E-state index contributed by atoms with van der Waals surface area (Å²) < 4.78 is 6.29. The summed E-state index contributed by atoms with van der Waals surface area (Å²) in [6.07, 6.45) is 1.61. The lowest BCUT2D eigenvalue weighted by atomic mass is 10.1. The third-order valence-electron chi connectivity index (χ3n) is 3.98. The molecule has 0 bridgehead atoms. The number of aromatic nitrogens is 1. The predicted molar refractivity (Wildman–Crippen MR) is 115 cm³/mol. The van der Waals surface area contributed by atoms with Crippen molar-refractivity contribution < 1.29 is 4.42 Å². The van der Waals surface area contributed by atoms with E-state index in [1.807, 2.05) is 42.5 Å². The van der Waals surface area contributed by atoms with E-state index in [0.717, 1.165) is 15.5 Å². The van der Waals surface area contributed by atoms with E-state index >= 15 is 0 Å². The van der Waals surface area contributed by atoms with Gasteiger partial charge in [0.25, 0.3) is 0 Å². The van der Waals surface area contributed by atoms with Crippen molar-refractivity contribution in [2.24, 2.45) is 0 Å². The number of nitriles is 1. The molecule has 4 aromatic rings. The molecule has 0 saturated carbocycles. The maximum absolute atomic E-state index is 12.4. The van der Waals surface area contributed by atoms with Crippen LogP contribution in [-0.2, 0) is 0 Å². The Bertz CT molecular complexity index is 1290. The molecule has 0 fully saturated rings. The van der Waals surface area contributed by atoms with Crippen molar-refractivity contribution in [3.05, 3.63) is 86.1 Å². The van der Waals surface area contributed by atoms with Crippen molar-refractivity contribution in [2.75, 3.05) is 5.32 Å². The largest absolute Gasteiger partial charge is 0.422 e. The fraction of sp³-hybridized carbons (Fsp3) is 0. The summed E-state index contributed by atoms with van der Waals surface area (Å²) in [5.41, 5.74) is 2.15. The number of fused-ring (bicyclic) bond motifs is 1. The number of hydrogen-bond acceptors (Lipinski definition) is 6. The summed E-state index contributed by atoms with van der Waals surface area (Å²) in [6.45, 7) is 0. The first-order valence-electron chi connectivity index (χ1n) is 8.25. The van der Waals surface area contributed by atoms with Crippen LogP contribution >= 0.6 is 27.3 Å². The normalized spacial score (nSPS) is 11.4. The standard InChI is InChI=1S/C21H12BrN3O2S/c22-15-6-7-19-13(8-15)9-17(21(26)27-19)18-12-28-20(25-18)14(10-23)11-24-16-4-2-1-3-5-16/h1-9,11-12,24H/b14-11-. The van der Waals surface area contributed by atoms with Gasteiger partial charge < -0.3 is 9.73 Å². The Kier molecular flexibility index (Phi) is 5.06. The molecule has 0 aliphatic carbocycles. The minimum absolute atomic E-state index is 0.362. The first-order valence-corrected chi connectivity index (χ1v) is 9.93. The predicted octanol–water partition coefficient (Wildman–Crippen LogP) is 5.66. The van der Waals surface area contributed by atoms with Crippen molar-refractivity contribution in [1.82, 2.24) is 4.98 Å². The van der Waals surface area contributed by atoms with Crippen molar-refractivity contribution in [3.8, 4) is 17.3 Å². The molecule has 5 nitrogen and oxygen atoms in total. The van der Waals surface area contributed by atoms with Crippen molar-refractivity contribution in [3.63, 3.8) is 0 Å². The van der Waals surface area contributed by atoms with Crippen LogP contribution < -0.4 is 10.9 Å². The minimum atomic E-state index is -0.462. The van der Waals surface area contributed by atoms with Gasteiger partial charge in [0, 0.05) is 27.1 Å². The number of rotatable bonds is 4. The molecule has 0 spiro atoms. The summed E-state index contributed by atoms with van der Waals surface area (Å²) in [5.74, 6) is 0. The second kappa shape index (κ2) is 7.80. The van der Waals surface area contributed by atoms with Crippen LogP contribution in [0.25, 0.3) is 27.8 Å². The highest BCUT2D eigenvalue weighted by atomic mass is 79.9. The molecular formula is C21H12BrN3O2S. The summed E-state index contributed by atoms with van der Waals surface area (Å²) in [7, 11) is 0. The molecule has 0 aliphatic rings. The molecule has 0 saturated heterocycles. The Morgan fingerprint density at radius 2 is 2.04 bits per heavy atom. The van der Waals surface area contributed by atoms with Gasteiger partial charge in [-0.2, -0.15) is 5.26 Å². The maximum Gasteiger partial charge on any atom is 0.345 e. The molecule has 2 aromatic carbocycles. The molecule has 0 aliphatic heterocycles. The molecule has 4 rings (SSSR count). The smallest absolute Gasteiger partial charge is 0.345 e. The van der Waals surface area contributed by atoms with Gasteiger partial charge in [0.2, 0.25) is 0 Å². The van der Waals surface area contributed by atoms with E-state index < -0.39 is 5.63 Å². The molecule has 1 N–H and O–H groups in total. The average Bonchev–Trinajstić information content (AvgIpc) is 3.19. The summed E-state index contributed by atoms with van der Waals surface area (Å²) >= 11 is 4.71. The third-order valence-corrected chi connectivity index (χ3v) is 5.35. The zero-order valence-corrected chi connectivity index (χ0v) is 16.8. The number of halogens is 1. The van der Waals surface area contributed by atoms with Gasteiger partial charge in [0.15, 0.2) is 0 Å².